The van der Waals surface area contributed by atoms with Crippen molar-refractivity contribution in [3.05, 3.63) is 29.8 Å². The average Bonchev–Trinajstić information content (AvgIpc) is 2.95. The van der Waals surface area contributed by atoms with Gasteiger partial charge < -0.3 is 10.1 Å². The van der Waals surface area contributed by atoms with Crippen molar-refractivity contribution in [1.29, 1.82) is 0 Å². The van der Waals surface area contributed by atoms with E-state index < -0.39 is 0 Å². The van der Waals surface area contributed by atoms with Crippen LogP contribution in [0.1, 0.15) is 23.7 Å². The number of para-hydroxylation sites is 1. The van der Waals surface area contributed by atoms with E-state index in [1.54, 1.807) is 6.92 Å². The lowest BCUT2D eigenvalue weighted by Gasteiger charge is -2.34. The van der Waals surface area contributed by atoms with Crippen LogP contribution >= 0.6 is 12.4 Å². The summed E-state index contributed by atoms with van der Waals surface area (Å²) in [6.45, 7) is 7.87. The molecular weight excluding hydrogens is 300 g/mol. The molecule has 2 unspecified atom stereocenters. The normalized spacial score (nSPS) is 24.4. The van der Waals surface area contributed by atoms with Gasteiger partial charge in [0, 0.05) is 13.1 Å². The molecule has 2 aliphatic heterocycles. The van der Waals surface area contributed by atoms with E-state index in [2.05, 4.69) is 10.2 Å². The van der Waals surface area contributed by atoms with Gasteiger partial charge in [0.15, 0.2) is 5.78 Å². The molecule has 0 radical (unpaired) electrons. The highest BCUT2D eigenvalue weighted by Crippen LogP contribution is 2.26. The third-order valence-corrected chi connectivity index (χ3v) is 4.72. The van der Waals surface area contributed by atoms with Crippen molar-refractivity contribution in [1.82, 2.24) is 10.2 Å². The lowest BCUT2D eigenvalue weighted by Crippen LogP contribution is -2.41. The molecule has 5 heteroatoms. The molecule has 2 saturated heterocycles. The summed E-state index contributed by atoms with van der Waals surface area (Å²) in [5.74, 6) is 2.45. The second-order valence-electron chi connectivity index (χ2n) is 6.17. The molecule has 1 N–H and O–H groups in total. The van der Waals surface area contributed by atoms with Crippen LogP contribution in [0.4, 0.5) is 0 Å². The molecule has 0 aromatic heterocycles. The summed E-state index contributed by atoms with van der Waals surface area (Å²) in [6.07, 6.45) is 1.29. The molecule has 2 heterocycles. The van der Waals surface area contributed by atoms with E-state index in [0.29, 0.717) is 17.9 Å². The smallest absolute Gasteiger partial charge is 0.163 e. The van der Waals surface area contributed by atoms with Crippen LogP contribution < -0.4 is 10.1 Å². The topological polar surface area (TPSA) is 41.6 Å². The summed E-state index contributed by atoms with van der Waals surface area (Å²) in [4.78, 5) is 14.0. The van der Waals surface area contributed by atoms with Crippen LogP contribution in [0.5, 0.6) is 5.75 Å². The molecule has 3 rings (SSSR count). The maximum atomic E-state index is 11.6. The summed E-state index contributed by atoms with van der Waals surface area (Å²) in [6, 6.07) is 7.50. The summed E-state index contributed by atoms with van der Waals surface area (Å²) in [5.41, 5.74) is 0.677. The third kappa shape index (κ3) is 4.00. The minimum Gasteiger partial charge on any atom is -0.491 e. The molecule has 0 amide bonds. The highest BCUT2D eigenvalue weighted by molar-refractivity contribution is 5.96. The van der Waals surface area contributed by atoms with Gasteiger partial charge in [0.2, 0.25) is 0 Å². The van der Waals surface area contributed by atoms with Gasteiger partial charge in [-0.2, -0.15) is 0 Å². The Balaban J connectivity index is 0.00000176. The van der Waals surface area contributed by atoms with E-state index in [0.717, 1.165) is 24.9 Å². The molecule has 0 saturated carbocycles. The van der Waals surface area contributed by atoms with Crippen molar-refractivity contribution < 1.29 is 9.53 Å². The van der Waals surface area contributed by atoms with E-state index in [4.69, 9.17) is 4.74 Å². The number of Topliss-reactive ketones (excluding diaryl/α,β-unsaturated/α-hetero) is 1. The van der Waals surface area contributed by atoms with Gasteiger partial charge in [0.1, 0.15) is 12.4 Å². The van der Waals surface area contributed by atoms with Gasteiger partial charge in [0.25, 0.3) is 0 Å². The Hall–Kier alpha value is -1.10. The van der Waals surface area contributed by atoms with Gasteiger partial charge in [-0.15, -0.1) is 12.4 Å². The van der Waals surface area contributed by atoms with Crippen LogP contribution in [-0.4, -0.2) is 50.0 Å². The largest absolute Gasteiger partial charge is 0.491 e. The lowest BCUT2D eigenvalue weighted by molar-refractivity contribution is 0.101. The highest BCUT2D eigenvalue weighted by Gasteiger charge is 2.32. The zero-order valence-corrected chi connectivity index (χ0v) is 13.9. The van der Waals surface area contributed by atoms with Crippen molar-refractivity contribution >= 4 is 18.2 Å². The van der Waals surface area contributed by atoms with Crippen LogP contribution in [0.3, 0.4) is 0 Å². The molecular formula is C17H25ClN2O2. The number of carbonyl (C=O) groups is 1. The molecule has 2 fully saturated rings. The second-order valence-corrected chi connectivity index (χ2v) is 6.17. The average molecular weight is 325 g/mol. The standard InChI is InChI=1S/C17H24N2O2.ClH/c1-13(20)16-4-2-3-5-17(16)21-9-8-19-7-6-14-10-18-11-15(14)12-19;/h2-5,14-15,18H,6-12H2,1H3;1H. The first kappa shape index (κ1) is 17.3. The maximum absolute atomic E-state index is 11.6. The summed E-state index contributed by atoms with van der Waals surface area (Å²) in [5, 5.41) is 3.49. The van der Waals surface area contributed by atoms with Crippen LogP contribution in [0.2, 0.25) is 0 Å². The Bertz CT molecular complexity index is 509. The van der Waals surface area contributed by atoms with Gasteiger partial charge in [-0.3, -0.25) is 9.69 Å². The Morgan fingerprint density at radius 1 is 1.32 bits per heavy atom. The number of likely N-dealkylation sites (tertiary alicyclic amines) is 1. The number of ketones is 1. The molecule has 122 valence electrons. The fourth-order valence-electron chi connectivity index (χ4n) is 3.48. The molecule has 1 aromatic rings. The van der Waals surface area contributed by atoms with Crippen LogP contribution in [0.25, 0.3) is 0 Å². The van der Waals surface area contributed by atoms with Gasteiger partial charge in [-0.25, -0.2) is 0 Å². The SMILES string of the molecule is CC(=O)c1ccccc1OCCN1CCC2CNCC2C1.Cl. The number of hydrogen-bond donors (Lipinski definition) is 1. The third-order valence-electron chi connectivity index (χ3n) is 4.72. The summed E-state index contributed by atoms with van der Waals surface area (Å²) in [7, 11) is 0. The van der Waals surface area contributed by atoms with Crippen molar-refractivity contribution in [2.75, 3.05) is 39.3 Å². The first-order chi connectivity index (χ1) is 10.2. The van der Waals surface area contributed by atoms with E-state index in [9.17, 15) is 4.79 Å². The number of nitrogens with one attached hydrogen (secondary N) is 1. The summed E-state index contributed by atoms with van der Waals surface area (Å²) >= 11 is 0. The number of benzene rings is 1. The predicted octanol–water partition coefficient (Wildman–Crippen LogP) is 2.23. The Labute approximate surface area is 138 Å². The number of hydrogen-bond acceptors (Lipinski definition) is 4. The molecule has 4 nitrogen and oxygen atoms in total. The zero-order chi connectivity index (χ0) is 14.7. The Morgan fingerprint density at radius 3 is 2.91 bits per heavy atom. The van der Waals surface area contributed by atoms with Gasteiger partial charge in [0.05, 0.1) is 5.56 Å². The summed E-state index contributed by atoms with van der Waals surface area (Å²) < 4.78 is 5.83. The Morgan fingerprint density at radius 2 is 2.09 bits per heavy atom. The van der Waals surface area contributed by atoms with Crippen molar-refractivity contribution in [2.45, 2.75) is 13.3 Å². The van der Waals surface area contributed by atoms with Crippen molar-refractivity contribution in [2.24, 2.45) is 11.8 Å². The quantitative estimate of drug-likeness (QED) is 0.843. The number of nitrogens with zero attached hydrogens (tertiary/aromatic N) is 1. The number of rotatable bonds is 5. The van der Waals surface area contributed by atoms with E-state index in [1.165, 1.54) is 26.1 Å². The molecule has 2 atom stereocenters. The zero-order valence-electron chi connectivity index (χ0n) is 13.1. The molecule has 2 aliphatic rings. The number of fused-ring (bicyclic) bond motifs is 1. The van der Waals surface area contributed by atoms with Crippen LogP contribution in [-0.2, 0) is 0 Å². The van der Waals surface area contributed by atoms with Crippen molar-refractivity contribution in [3.63, 3.8) is 0 Å². The molecule has 0 aliphatic carbocycles. The Kier molecular flexibility index (Phi) is 6.24. The van der Waals surface area contributed by atoms with Crippen LogP contribution in [0, 0.1) is 11.8 Å². The van der Waals surface area contributed by atoms with Crippen molar-refractivity contribution in [3.8, 4) is 5.75 Å². The molecule has 0 spiro atoms. The molecule has 1 aromatic carbocycles. The second kappa shape index (κ2) is 7.95. The van der Waals surface area contributed by atoms with E-state index in [-0.39, 0.29) is 18.2 Å². The van der Waals surface area contributed by atoms with E-state index >= 15 is 0 Å². The number of piperidine rings is 1. The number of halogens is 1. The highest BCUT2D eigenvalue weighted by atomic mass is 35.5. The first-order valence-electron chi connectivity index (χ1n) is 7.90. The van der Waals surface area contributed by atoms with Gasteiger partial charge >= 0.3 is 0 Å². The first-order valence-corrected chi connectivity index (χ1v) is 7.90. The van der Waals surface area contributed by atoms with Gasteiger partial charge in [-0.1, -0.05) is 12.1 Å². The predicted molar refractivity (Wildman–Crippen MR) is 90.1 cm³/mol. The molecule has 22 heavy (non-hydrogen) atoms. The molecule has 0 bridgehead atoms. The van der Waals surface area contributed by atoms with Gasteiger partial charge in [-0.05, 0) is 56.9 Å². The number of ether oxygens (including phenoxy) is 1. The minimum absolute atomic E-state index is 0. The maximum Gasteiger partial charge on any atom is 0.163 e. The monoisotopic (exact) mass is 324 g/mol. The fraction of sp³-hybridized carbons (Fsp3) is 0.588. The minimum atomic E-state index is 0. The fourth-order valence-corrected chi connectivity index (χ4v) is 3.48. The lowest BCUT2D eigenvalue weighted by atomic mass is 9.89. The van der Waals surface area contributed by atoms with E-state index in [1.807, 2.05) is 24.3 Å². The van der Waals surface area contributed by atoms with Crippen LogP contribution in [0.15, 0.2) is 24.3 Å². The number of carbonyl (C=O) groups excluding carboxylic acids is 1.